The quantitative estimate of drug-likeness (QED) is 0.811. The molecule has 0 bridgehead atoms. The highest BCUT2D eigenvalue weighted by molar-refractivity contribution is 6.30. The molecule has 2 N–H and O–H groups in total. The summed E-state index contributed by atoms with van der Waals surface area (Å²) in [4.78, 5) is 23.2. The molecule has 0 heterocycles. The Morgan fingerprint density at radius 2 is 2.05 bits per heavy atom. The third kappa shape index (κ3) is 5.27. The standard InChI is InChI=1S/C15H20ClNO4/c1-4-9(2)13(15(19)20)17-14(18)10(3)21-12-7-5-6-11(16)8-12/h5-10,13H,4H2,1-3H3,(H,17,18)(H,19,20). The van der Waals surface area contributed by atoms with E-state index in [4.69, 9.17) is 21.4 Å². The Hall–Kier alpha value is -1.75. The first-order chi connectivity index (χ1) is 9.85. The van der Waals surface area contributed by atoms with Crippen LogP contribution >= 0.6 is 11.6 Å². The Balaban J connectivity index is 2.67. The largest absolute Gasteiger partial charge is 0.481 e. The number of carbonyl (C=O) groups is 2. The second-order valence-electron chi connectivity index (χ2n) is 4.93. The monoisotopic (exact) mass is 313 g/mol. The lowest BCUT2D eigenvalue weighted by Crippen LogP contribution is -2.49. The molecule has 1 aromatic carbocycles. The molecule has 0 saturated heterocycles. The van der Waals surface area contributed by atoms with Crippen LogP contribution in [0.5, 0.6) is 5.75 Å². The molecule has 1 amide bonds. The molecule has 0 saturated carbocycles. The SMILES string of the molecule is CCC(C)C(NC(=O)C(C)Oc1cccc(Cl)c1)C(=O)O. The van der Waals surface area contributed by atoms with Gasteiger partial charge in [-0.05, 0) is 31.0 Å². The van der Waals surface area contributed by atoms with Crippen LogP contribution in [0.1, 0.15) is 27.2 Å². The van der Waals surface area contributed by atoms with Gasteiger partial charge in [-0.2, -0.15) is 0 Å². The maximum absolute atomic E-state index is 12.0. The van der Waals surface area contributed by atoms with Crippen LogP contribution in [0, 0.1) is 5.92 Å². The molecule has 1 rings (SSSR count). The van der Waals surface area contributed by atoms with Crippen LogP contribution < -0.4 is 10.1 Å². The zero-order valence-corrected chi connectivity index (χ0v) is 13.1. The predicted octanol–water partition coefficient (Wildman–Crippen LogP) is 2.72. The molecular formula is C15H20ClNO4. The fourth-order valence-corrected chi connectivity index (χ4v) is 1.93. The second-order valence-corrected chi connectivity index (χ2v) is 5.36. The topological polar surface area (TPSA) is 75.6 Å². The summed E-state index contributed by atoms with van der Waals surface area (Å²) in [6.07, 6.45) is -0.157. The normalized spacial score (nSPS) is 14.9. The fraction of sp³-hybridized carbons (Fsp3) is 0.467. The summed E-state index contributed by atoms with van der Waals surface area (Å²) in [6.45, 7) is 5.21. The van der Waals surface area contributed by atoms with Crippen molar-refractivity contribution in [3.8, 4) is 5.75 Å². The molecule has 0 aliphatic rings. The summed E-state index contributed by atoms with van der Waals surface area (Å²) in [5.74, 6) is -1.22. The molecular weight excluding hydrogens is 294 g/mol. The molecule has 5 nitrogen and oxygen atoms in total. The van der Waals surface area contributed by atoms with E-state index in [2.05, 4.69) is 5.32 Å². The van der Waals surface area contributed by atoms with Crippen LogP contribution in [0.2, 0.25) is 5.02 Å². The molecule has 3 atom stereocenters. The summed E-state index contributed by atoms with van der Waals surface area (Å²) < 4.78 is 5.46. The lowest BCUT2D eigenvalue weighted by Gasteiger charge is -2.22. The Morgan fingerprint density at radius 3 is 2.57 bits per heavy atom. The fourth-order valence-electron chi connectivity index (χ4n) is 1.75. The smallest absolute Gasteiger partial charge is 0.326 e. The van der Waals surface area contributed by atoms with Crippen molar-refractivity contribution >= 4 is 23.5 Å². The van der Waals surface area contributed by atoms with Gasteiger partial charge in [0, 0.05) is 5.02 Å². The minimum atomic E-state index is -1.05. The molecule has 21 heavy (non-hydrogen) atoms. The number of carboxylic acids is 1. The average molecular weight is 314 g/mol. The Morgan fingerprint density at radius 1 is 1.38 bits per heavy atom. The van der Waals surface area contributed by atoms with E-state index in [0.29, 0.717) is 17.2 Å². The molecule has 0 spiro atoms. The molecule has 6 heteroatoms. The molecule has 0 aliphatic heterocycles. The predicted molar refractivity (Wildman–Crippen MR) is 80.6 cm³/mol. The van der Waals surface area contributed by atoms with Crippen molar-refractivity contribution in [2.45, 2.75) is 39.3 Å². The number of ether oxygens (including phenoxy) is 1. The summed E-state index contributed by atoms with van der Waals surface area (Å²) in [5, 5.41) is 12.2. The highest BCUT2D eigenvalue weighted by Gasteiger charge is 2.27. The first kappa shape index (κ1) is 17.3. The number of hydrogen-bond acceptors (Lipinski definition) is 3. The lowest BCUT2D eigenvalue weighted by molar-refractivity contribution is -0.144. The Labute approximate surface area is 129 Å². The van der Waals surface area contributed by atoms with Crippen molar-refractivity contribution in [2.24, 2.45) is 5.92 Å². The van der Waals surface area contributed by atoms with Gasteiger partial charge in [0.2, 0.25) is 0 Å². The van der Waals surface area contributed by atoms with Crippen molar-refractivity contribution in [1.29, 1.82) is 0 Å². The van der Waals surface area contributed by atoms with Gasteiger partial charge in [-0.15, -0.1) is 0 Å². The number of benzene rings is 1. The summed E-state index contributed by atoms with van der Waals surface area (Å²) in [6, 6.07) is 5.76. The summed E-state index contributed by atoms with van der Waals surface area (Å²) >= 11 is 5.84. The number of nitrogens with one attached hydrogen (secondary N) is 1. The minimum absolute atomic E-state index is 0.162. The van der Waals surface area contributed by atoms with Gasteiger partial charge in [-0.1, -0.05) is 37.9 Å². The number of aliphatic carboxylic acids is 1. The van der Waals surface area contributed by atoms with Gasteiger partial charge in [0.15, 0.2) is 6.10 Å². The zero-order valence-electron chi connectivity index (χ0n) is 12.3. The number of carbonyl (C=O) groups excluding carboxylic acids is 1. The third-order valence-electron chi connectivity index (χ3n) is 3.25. The van der Waals surface area contributed by atoms with E-state index in [-0.39, 0.29) is 5.92 Å². The van der Waals surface area contributed by atoms with E-state index in [0.717, 1.165) is 0 Å². The number of amides is 1. The number of rotatable bonds is 7. The number of carboxylic acid groups (broad SMARTS) is 1. The van der Waals surface area contributed by atoms with Gasteiger partial charge in [0.25, 0.3) is 5.91 Å². The minimum Gasteiger partial charge on any atom is -0.481 e. The highest BCUT2D eigenvalue weighted by Crippen LogP contribution is 2.18. The van der Waals surface area contributed by atoms with Crippen molar-refractivity contribution in [1.82, 2.24) is 5.32 Å². The van der Waals surface area contributed by atoms with Crippen molar-refractivity contribution in [3.05, 3.63) is 29.3 Å². The molecule has 0 radical (unpaired) electrons. The molecule has 116 valence electrons. The van der Waals surface area contributed by atoms with E-state index in [1.54, 1.807) is 38.1 Å². The van der Waals surface area contributed by atoms with Gasteiger partial charge >= 0.3 is 5.97 Å². The van der Waals surface area contributed by atoms with Crippen LogP contribution in [0.25, 0.3) is 0 Å². The zero-order chi connectivity index (χ0) is 16.0. The van der Waals surface area contributed by atoms with Crippen LogP contribution in [-0.2, 0) is 9.59 Å². The maximum Gasteiger partial charge on any atom is 0.326 e. The van der Waals surface area contributed by atoms with Crippen molar-refractivity contribution in [3.63, 3.8) is 0 Å². The first-order valence-corrected chi connectivity index (χ1v) is 7.18. The third-order valence-corrected chi connectivity index (χ3v) is 3.49. The van der Waals surface area contributed by atoms with Gasteiger partial charge in [-0.25, -0.2) is 4.79 Å². The molecule has 1 aromatic rings. The highest BCUT2D eigenvalue weighted by atomic mass is 35.5. The van der Waals surface area contributed by atoms with Crippen LogP contribution in [0.4, 0.5) is 0 Å². The second kappa shape index (κ2) is 7.88. The summed E-state index contributed by atoms with van der Waals surface area (Å²) in [5.41, 5.74) is 0. The van der Waals surface area contributed by atoms with E-state index in [1.165, 1.54) is 0 Å². The van der Waals surface area contributed by atoms with Crippen molar-refractivity contribution in [2.75, 3.05) is 0 Å². The molecule has 0 aliphatic carbocycles. The Kier molecular flexibility index (Phi) is 6.49. The van der Waals surface area contributed by atoms with E-state index in [9.17, 15) is 9.59 Å². The first-order valence-electron chi connectivity index (χ1n) is 6.80. The summed E-state index contributed by atoms with van der Waals surface area (Å²) in [7, 11) is 0. The molecule has 0 fully saturated rings. The van der Waals surface area contributed by atoms with E-state index >= 15 is 0 Å². The van der Waals surface area contributed by atoms with Gasteiger partial charge in [0.1, 0.15) is 11.8 Å². The van der Waals surface area contributed by atoms with Gasteiger partial charge in [-0.3, -0.25) is 4.79 Å². The van der Waals surface area contributed by atoms with Crippen molar-refractivity contribution < 1.29 is 19.4 Å². The number of hydrogen-bond donors (Lipinski definition) is 2. The van der Waals surface area contributed by atoms with Crippen LogP contribution in [-0.4, -0.2) is 29.1 Å². The maximum atomic E-state index is 12.0. The van der Waals surface area contributed by atoms with Crippen LogP contribution in [0.15, 0.2) is 24.3 Å². The average Bonchev–Trinajstić information content (AvgIpc) is 2.43. The molecule has 0 aromatic heterocycles. The lowest BCUT2D eigenvalue weighted by atomic mass is 9.99. The van der Waals surface area contributed by atoms with E-state index < -0.39 is 24.0 Å². The van der Waals surface area contributed by atoms with Gasteiger partial charge in [0.05, 0.1) is 0 Å². The Bertz CT molecular complexity index is 506. The molecule has 3 unspecified atom stereocenters. The van der Waals surface area contributed by atoms with E-state index in [1.807, 2.05) is 6.92 Å². The van der Waals surface area contributed by atoms with Gasteiger partial charge < -0.3 is 15.2 Å². The van der Waals surface area contributed by atoms with Crippen LogP contribution in [0.3, 0.4) is 0 Å². The number of halogens is 1.